The van der Waals surface area contributed by atoms with Crippen LogP contribution in [0, 0.1) is 0 Å². The number of carbonyl (C=O) groups is 1. The quantitative estimate of drug-likeness (QED) is 0.606. The number of nitrogens with zero attached hydrogens (tertiary/aromatic N) is 1. The first-order valence-corrected chi connectivity index (χ1v) is 7.21. The Labute approximate surface area is 120 Å². The normalized spacial score (nSPS) is 19.6. The third-order valence-electron chi connectivity index (χ3n) is 3.54. The first-order valence-electron chi connectivity index (χ1n) is 7.21. The summed E-state index contributed by atoms with van der Waals surface area (Å²) < 4.78 is 5.67. The fraction of sp³-hybridized carbons (Fsp3) is 0.533. The Bertz CT molecular complexity index is 450. The van der Waals surface area contributed by atoms with Gasteiger partial charge in [0, 0.05) is 31.4 Å². The Kier molecular flexibility index (Phi) is 5.24. The molecule has 5 nitrogen and oxygen atoms in total. The van der Waals surface area contributed by atoms with Crippen LogP contribution in [0.2, 0.25) is 0 Å². The third kappa shape index (κ3) is 3.87. The maximum absolute atomic E-state index is 11.7. The van der Waals surface area contributed by atoms with Crippen molar-refractivity contribution in [3.63, 3.8) is 0 Å². The van der Waals surface area contributed by atoms with Gasteiger partial charge in [-0.05, 0) is 25.0 Å². The van der Waals surface area contributed by atoms with Gasteiger partial charge in [0.2, 0.25) is 5.91 Å². The van der Waals surface area contributed by atoms with Crippen molar-refractivity contribution in [1.29, 1.82) is 0 Å². The summed E-state index contributed by atoms with van der Waals surface area (Å²) in [5.41, 5.74) is 6.41. The molecular formula is C15H23N3O2. The summed E-state index contributed by atoms with van der Waals surface area (Å²) in [6.07, 6.45) is 1.75. The van der Waals surface area contributed by atoms with E-state index < -0.39 is 0 Å². The molecule has 0 aliphatic carbocycles. The molecule has 1 amide bonds. The van der Waals surface area contributed by atoms with Gasteiger partial charge in [0.25, 0.3) is 0 Å². The zero-order valence-corrected chi connectivity index (χ0v) is 12.0. The van der Waals surface area contributed by atoms with Crippen LogP contribution in [0.3, 0.4) is 0 Å². The van der Waals surface area contributed by atoms with Crippen LogP contribution in [0.25, 0.3) is 0 Å². The van der Waals surface area contributed by atoms with E-state index in [4.69, 9.17) is 10.5 Å². The van der Waals surface area contributed by atoms with Gasteiger partial charge in [0.15, 0.2) is 0 Å². The number of carbonyl (C=O) groups excluding carboxylic acids is 1. The van der Waals surface area contributed by atoms with Crippen LogP contribution in [0.4, 0.5) is 5.69 Å². The number of nitrogens with one attached hydrogen (secondary N) is 1. The lowest BCUT2D eigenvalue weighted by Gasteiger charge is -2.34. The summed E-state index contributed by atoms with van der Waals surface area (Å²) in [7, 11) is 0. The van der Waals surface area contributed by atoms with Crippen LogP contribution < -0.4 is 15.8 Å². The minimum Gasteiger partial charge on any atom is -0.493 e. The molecule has 0 saturated carbocycles. The van der Waals surface area contributed by atoms with Gasteiger partial charge in [-0.2, -0.15) is 0 Å². The molecule has 1 aliphatic heterocycles. The summed E-state index contributed by atoms with van der Waals surface area (Å²) in [6.45, 7) is 5.23. The average Bonchev–Trinajstić information content (AvgIpc) is 2.44. The summed E-state index contributed by atoms with van der Waals surface area (Å²) >= 11 is 0. The molecule has 0 aromatic heterocycles. The van der Waals surface area contributed by atoms with E-state index in [1.807, 2.05) is 31.2 Å². The number of nitrogens with two attached hydrogens (primary N) is 1. The number of ether oxygens (including phenoxy) is 1. The lowest BCUT2D eigenvalue weighted by atomic mass is 10.1. The molecule has 110 valence electrons. The lowest BCUT2D eigenvalue weighted by molar-refractivity contribution is -0.129. The smallest absolute Gasteiger partial charge is 0.237 e. The SMILES string of the molecule is CCC1C(=O)NCCN1CCCOc1cccc(N)c1. The minimum atomic E-state index is 0.0103. The van der Waals surface area contributed by atoms with Crippen molar-refractivity contribution in [2.24, 2.45) is 0 Å². The van der Waals surface area contributed by atoms with Gasteiger partial charge in [-0.25, -0.2) is 0 Å². The Morgan fingerprint density at radius 3 is 3.10 bits per heavy atom. The number of benzene rings is 1. The zero-order chi connectivity index (χ0) is 14.4. The van der Waals surface area contributed by atoms with E-state index in [1.165, 1.54) is 0 Å². The summed E-state index contributed by atoms with van der Waals surface area (Å²) in [4.78, 5) is 14.0. The second kappa shape index (κ2) is 7.14. The molecule has 1 heterocycles. The number of piperazine rings is 1. The molecule has 0 spiro atoms. The molecule has 5 heteroatoms. The second-order valence-electron chi connectivity index (χ2n) is 5.03. The van der Waals surface area contributed by atoms with Crippen LogP contribution in [-0.4, -0.2) is 43.1 Å². The van der Waals surface area contributed by atoms with Crippen molar-refractivity contribution in [2.45, 2.75) is 25.8 Å². The first kappa shape index (κ1) is 14.7. The largest absolute Gasteiger partial charge is 0.493 e. The molecule has 1 aromatic rings. The van der Waals surface area contributed by atoms with E-state index in [0.717, 1.165) is 38.2 Å². The number of hydrogen-bond donors (Lipinski definition) is 2. The van der Waals surface area contributed by atoms with Gasteiger partial charge in [-0.3, -0.25) is 9.69 Å². The summed E-state index contributed by atoms with van der Waals surface area (Å²) in [5, 5.41) is 2.91. The number of amides is 1. The predicted molar refractivity (Wildman–Crippen MR) is 79.6 cm³/mol. The molecule has 1 atom stereocenters. The molecule has 0 bridgehead atoms. The van der Waals surface area contributed by atoms with Crippen molar-refractivity contribution in [1.82, 2.24) is 10.2 Å². The minimum absolute atomic E-state index is 0.0103. The van der Waals surface area contributed by atoms with E-state index in [2.05, 4.69) is 10.2 Å². The molecule has 1 aliphatic rings. The van der Waals surface area contributed by atoms with Crippen molar-refractivity contribution in [3.05, 3.63) is 24.3 Å². The molecule has 3 N–H and O–H groups in total. The summed E-state index contributed by atoms with van der Waals surface area (Å²) in [6, 6.07) is 7.46. The van der Waals surface area contributed by atoms with Crippen LogP contribution in [-0.2, 0) is 4.79 Å². The molecule has 0 radical (unpaired) electrons. The number of anilines is 1. The van der Waals surface area contributed by atoms with E-state index >= 15 is 0 Å². The van der Waals surface area contributed by atoms with E-state index in [9.17, 15) is 4.79 Å². The Morgan fingerprint density at radius 2 is 2.35 bits per heavy atom. The van der Waals surface area contributed by atoms with Gasteiger partial charge in [0.1, 0.15) is 5.75 Å². The van der Waals surface area contributed by atoms with Gasteiger partial charge in [-0.15, -0.1) is 0 Å². The van der Waals surface area contributed by atoms with Crippen LogP contribution >= 0.6 is 0 Å². The first-order chi connectivity index (χ1) is 9.70. The molecule has 1 fully saturated rings. The molecule has 1 saturated heterocycles. The Hall–Kier alpha value is -1.75. The molecule has 20 heavy (non-hydrogen) atoms. The number of nitrogen functional groups attached to an aromatic ring is 1. The van der Waals surface area contributed by atoms with Crippen LogP contribution in [0.5, 0.6) is 5.75 Å². The summed E-state index contributed by atoms with van der Waals surface area (Å²) in [5.74, 6) is 0.948. The number of hydrogen-bond acceptors (Lipinski definition) is 4. The van der Waals surface area contributed by atoms with Gasteiger partial charge in [0.05, 0.1) is 12.6 Å². The lowest BCUT2D eigenvalue weighted by Crippen LogP contribution is -2.55. The highest BCUT2D eigenvalue weighted by Crippen LogP contribution is 2.15. The Morgan fingerprint density at radius 1 is 1.50 bits per heavy atom. The van der Waals surface area contributed by atoms with Crippen LogP contribution in [0.1, 0.15) is 19.8 Å². The standard InChI is InChI=1S/C15H23N3O2/c1-2-14-15(19)17-7-9-18(14)8-4-10-20-13-6-3-5-12(16)11-13/h3,5-6,11,14H,2,4,7-10,16H2,1H3,(H,17,19). The number of rotatable bonds is 6. The fourth-order valence-electron chi connectivity index (χ4n) is 2.54. The van der Waals surface area contributed by atoms with Crippen molar-refractivity contribution in [2.75, 3.05) is 32.0 Å². The molecule has 1 unspecified atom stereocenters. The third-order valence-corrected chi connectivity index (χ3v) is 3.54. The maximum atomic E-state index is 11.7. The van der Waals surface area contributed by atoms with Crippen LogP contribution in [0.15, 0.2) is 24.3 Å². The van der Waals surface area contributed by atoms with Gasteiger partial charge >= 0.3 is 0 Å². The topological polar surface area (TPSA) is 67.6 Å². The average molecular weight is 277 g/mol. The maximum Gasteiger partial charge on any atom is 0.237 e. The van der Waals surface area contributed by atoms with Gasteiger partial charge < -0.3 is 15.8 Å². The molecular weight excluding hydrogens is 254 g/mol. The van der Waals surface area contributed by atoms with Crippen molar-refractivity contribution < 1.29 is 9.53 Å². The second-order valence-corrected chi connectivity index (χ2v) is 5.03. The zero-order valence-electron chi connectivity index (χ0n) is 12.0. The van der Waals surface area contributed by atoms with Crippen molar-refractivity contribution >= 4 is 11.6 Å². The fourth-order valence-corrected chi connectivity index (χ4v) is 2.54. The predicted octanol–water partition coefficient (Wildman–Crippen LogP) is 1.25. The van der Waals surface area contributed by atoms with E-state index in [-0.39, 0.29) is 11.9 Å². The van der Waals surface area contributed by atoms with Gasteiger partial charge in [-0.1, -0.05) is 13.0 Å². The van der Waals surface area contributed by atoms with E-state index in [1.54, 1.807) is 0 Å². The Balaban J connectivity index is 1.73. The monoisotopic (exact) mass is 277 g/mol. The highest BCUT2D eigenvalue weighted by Gasteiger charge is 2.27. The highest BCUT2D eigenvalue weighted by molar-refractivity contribution is 5.82. The van der Waals surface area contributed by atoms with E-state index in [0.29, 0.717) is 12.3 Å². The molecule has 2 rings (SSSR count). The van der Waals surface area contributed by atoms with Crippen molar-refractivity contribution in [3.8, 4) is 5.75 Å². The molecule has 1 aromatic carbocycles. The highest BCUT2D eigenvalue weighted by atomic mass is 16.5.